The fourth-order valence-electron chi connectivity index (χ4n) is 3.42. The monoisotopic (exact) mass is 479 g/mol. The van der Waals surface area contributed by atoms with Crippen LogP contribution in [0.5, 0.6) is 0 Å². The van der Waals surface area contributed by atoms with Crippen molar-refractivity contribution >= 4 is 39.0 Å². The Morgan fingerprint density at radius 1 is 1.03 bits per heavy atom. The molecule has 0 saturated heterocycles. The Morgan fingerprint density at radius 2 is 1.68 bits per heavy atom. The zero-order valence-electron chi connectivity index (χ0n) is 16.7. The number of benzene rings is 2. The van der Waals surface area contributed by atoms with Gasteiger partial charge in [-0.15, -0.1) is 0 Å². The summed E-state index contributed by atoms with van der Waals surface area (Å²) >= 11 is 12.1. The van der Waals surface area contributed by atoms with Crippen molar-refractivity contribution in [3.05, 3.63) is 85.6 Å². The summed E-state index contributed by atoms with van der Waals surface area (Å²) in [5.41, 5.74) is 1.09. The van der Waals surface area contributed by atoms with Gasteiger partial charge in [-0.1, -0.05) is 41.4 Å². The van der Waals surface area contributed by atoms with Gasteiger partial charge < -0.3 is 9.67 Å². The lowest BCUT2D eigenvalue weighted by Gasteiger charge is -2.20. The highest BCUT2D eigenvalue weighted by Crippen LogP contribution is 2.31. The molecule has 0 aliphatic rings. The molecule has 2 aromatic carbocycles. The van der Waals surface area contributed by atoms with Gasteiger partial charge >= 0.3 is 5.97 Å². The molecule has 6 nitrogen and oxygen atoms in total. The Bertz CT molecular complexity index is 1330. The van der Waals surface area contributed by atoms with Crippen LogP contribution in [-0.2, 0) is 22.8 Å². The molecule has 1 heterocycles. The maximum Gasteiger partial charge on any atom is 0.341 e. The first kappa shape index (κ1) is 23.1. The molecule has 0 amide bonds. The van der Waals surface area contributed by atoms with Gasteiger partial charge in [0.2, 0.25) is 0 Å². The van der Waals surface area contributed by atoms with Crippen LogP contribution in [0, 0.1) is 0 Å². The summed E-state index contributed by atoms with van der Waals surface area (Å²) in [5.74, 6) is -1.34. The quantitative estimate of drug-likeness (QED) is 0.560. The largest absolute Gasteiger partial charge is 0.477 e. The Hall–Kier alpha value is -2.61. The van der Waals surface area contributed by atoms with E-state index in [-0.39, 0.29) is 21.2 Å². The first-order valence-electron chi connectivity index (χ1n) is 9.27. The highest BCUT2D eigenvalue weighted by molar-refractivity contribution is 7.90. The highest BCUT2D eigenvalue weighted by Gasteiger charge is 2.22. The van der Waals surface area contributed by atoms with Gasteiger partial charge in [-0.2, -0.15) is 0 Å². The van der Waals surface area contributed by atoms with Crippen molar-refractivity contribution in [1.82, 2.24) is 4.57 Å². The maximum atomic E-state index is 12.7. The molecule has 0 radical (unpaired) electrons. The van der Waals surface area contributed by atoms with Crippen molar-refractivity contribution < 1.29 is 18.3 Å². The average molecular weight is 480 g/mol. The minimum atomic E-state index is -3.32. The van der Waals surface area contributed by atoms with Crippen LogP contribution in [0.2, 0.25) is 10.0 Å². The SMILES string of the molecule is CCn1c(Cc2ccc(S(C)(=O)=O)cc2)cc(=O)c(C(=O)O)c1-c1ccc(Cl)c(Cl)c1. The highest BCUT2D eigenvalue weighted by atomic mass is 35.5. The van der Waals surface area contributed by atoms with Crippen LogP contribution in [0.4, 0.5) is 0 Å². The summed E-state index contributed by atoms with van der Waals surface area (Å²) in [5, 5.41) is 10.3. The second-order valence-corrected chi connectivity index (χ2v) is 9.82. The molecule has 0 saturated carbocycles. The van der Waals surface area contributed by atoms with E-state index in [0.29, 0.717) is 29.2 Å². The van der Waals surface area contributed by atoms with E-state index < -0.39 is 21.2 Å². The Balaban J connectivity index is 2.20. The van der Waals surface area contributed by atoms with Crippen LogP contribution >= 0.6 is 23.2 Å². The number of aromatic carboxylic acids is 1. The van der Waals surface area contributed by atoms with Crippen molar-refractivity contribution in [2.24, 2.45) is 0 Å². The van der Waals surface area contributed by atoms with Gasteiger partial charge in [0.25, 0.3) is 0 Å². The molecule has 3 aromatic rings. The number of sulfone groups is 1. The Kier molecular flexibility index (Phi) is 6.59. The van der Waals surface area contributed by atoms with E-state index in [1.807, 2.05) is 6.92 Å². The van der Waals surface area contributed by atoms with E-state index in [0.717, 1.165) is 11.8 Å². The molecule has 0 aliphatic carbocycles. The third-order valence-electron chi connectivity index (χ3n) is 4.86. The Morgan fingerprint density at radius 3 is 2.19 bits per heavy atom. The minimum Gasteiger partial charge on any atom is -0.477 e. The summed E-state index contributed by atoms with van der Waals surface area (Å²) in [6.07, 6.45) is 1.44. The van der Waals surface area contributed by atoms with Crippen LogP contribution in [0.3, 0.4) is 0 Å². The lowest BCUT2D eigenvalue weighted by Crippen LogP contribution is -2.23. The first-order chi connectivity index (χ1) is 14.5. The number of pyridine rings is 1. The fourth-order valence-corrected chi connectivity index (χ4v) is 4.35. The summed E-state index contributed by atoms with van der Waals surface area (Å²) in [7, 11) is -3.32. The summed E-state index contributed by atoms with van der Waals surface area (Å²) < 4.78 is 25.1. The number of carboxylic acid groups (broad SMARTS) is 1. The Labute approximate surface area is 189 Å². The van der Waals surface area contributed by atoms with Crippen molar-refractivity contribution in [1.29, 1.82) is 0 Å². The van der Waals surface area contributed by atoms with E-state index in [4.69, 9.17) is 23.2 Å². The normalized spacial score (nSPS) is 11.5. The van der Waals surface area contributed by atoms with E-state index in [1.54, 1.807) is 28.8 Å². The number of rotatable bonds is 6. The molecular weight excluding hydrogens is 461 g/mol. The smallest absolute Gasteiger partial charge is 0.341 e. The second kappa shape index (κ2) is 8.86. The second-order valence-electron chi connectivity index (χ2n) is 6.99. The molecule has 0 spiro atoms. The molecule has 0 bridgehead atoms. The third kappa shape index (κ3) is 4.84. The molecule has 1 N–H and O–H groups in total. The first-order valence-corrected chi connectivity index (χ1v) is 11.9. The average Bonchev–Trinajstić information content (AvgIpc) is 2.69. The topological polar surface area (TPSA) is 93.4 Å². The van der Waals surface area contributed by atoms with Crippen LogP contribution in [-0.4, -0.2) is 30.3 Å². The minimum absolute atomic E-state index is 0.196. The van der Waals surface area contributed by atoms with E-state index in [9.17, 15) is 23.1 Å². The lowest BCUT2D eigenvalue weighted by atomic mass is 10.0. The summed E-state index contributed by atoms with van der Waals surface area (Å²) in [6.45, 7) is 2.24. The predicted molar refractivity (Wildman–Crippen MR) is 121 cm³/mol. The zero-order valence-corrected chi connectivity index (χ0v) is 19.1. The maximum absolute atomic E-state index is 12.7. The summed E-state index contributed by atoms with van der Waals surface area (Å²) in [6, 6.07) is 12.4. The third-order valence-corrected chi connectivity index (χ3v) is 6.72. The number of aromatic nitrogens is 1. The van der Waals surface area contributed by atoms with Crippen molar-refractivity contribution in [2.75, 3.05) is 6.26 Å². The summed E-state index contributed by atoms with van der Waals surface area (Å²) in [4.78, 5) is 24.8. The van der Waals surface area contributed by atoms with Gasteiger partial charge in [0.15, 0.2) is 15.3 Å². The van der Waals surface area contributed by atoms with Gasteiger partial charge in [-0.05, 0) is 36.8 Å². The molecule has 1 aromatic heterocycles. The molecule has 9 heteroatoms. The zero-order chi connectivity index (χ0) is 22.9. The van der Waals surface area contributed by atoms with Gasteiger partial charge in [0.05, 0.1) is 20.6 Å². The van der Waals surface area contributed by atoms with Crippen molar-refractivity contribution in [3.8, 4) is 11.3 Å². The number of carboxylic acids is 1. The van der Waals surface area contributed by atoms with Gasteiger partial charge in [-0.3, -0.25) is 4.79 Å². The molecule has 0 atom stereocenters. The molecule has 3 rings (SSSR count). The predicted octanol–water partition coefficient (Wildman–Crippen LogP) is 4.53. The number of hydrogen-bond acceptors (Lipinski definition) is 4. The van der Waals surface area contributed by atoms with Crippen LogP contribution in [0.25, 0.3) is 11.3 Å². The van der Waals surface area contributed by atoms with E-state index in [1.165, 1.54) is 24.3 Å². The van der Waals surface area contributed by atoms with Gasteiger partial charge in [0.1, 0.15) is 5.56 Å². The molecule has 0 unspecified atom stereocenters. The number of nitrogens with zero attached hydrogens (tertiary/aromatic N) is 1. The van der Waals surface area contributed by atoms with Crippen LogP contribution in [0.1, 0.15) is 28.5 Å². The van der Waals surface area contributed by atoms with Gasteiger partial charge in [0, 0.05) is 36.5 Å². The van der Waals surface area contributed by atoms with E-state index in [2.05, 4.69) is 0 Å². The number of hydrogen-bond donors (Lipinski definition) is 1. The van der Waals surface area contributed by atoms with E-state index >= 15 is 0 Å². The van der Waals surface area contributed by atoms with Crippen molar-refractivity contribution in [2.45, 2.75) is 24.8 Å². The van der Waals surface area contributed by atoms with Crippen molar-refractivity contribution in [3.63, 3.8) is 0 Å². The fraction of sp³-hybridized carbons (Fsp3) is 0.182. The standard InChI is InChI=1S/C22H19Cl2NO5S/c1-3-25-15(10-13-4-7-16(8-5-13)31(2,29)30)12-19(26)20(22(27)28)21(25)14-6-9-17(23)18(24)11-14/h4-9,11-12H,3,10H2,1-2H3,(H,27,28). The van der Waals surface area contributed by atoms with Gasteiger partial charge in [-0.25, -0.2) is 13.2 Å². The number of halogens is 2. The lowest BCUT2D eigenvalue weighted by molar-refractivity contribution is 0.0695. The molecular formula is C22H19Cl2NO5S. The molecule has 31 heavy (non-hydrogen) atoms. The van der Waals surface area contributed by atoms with Crippen LogP contribution < -0.4 is 5.43 Å². The molecule has 162 valence electrons. The van der Waals surface area contributed by atoms with Crippen LogP contribution in [0.15, 0.2) is 58.2 Å². The molecule has 0 aliphatic heterocycles. The number of carbonyl (C=O) groups is 1. The molecule has 0 fully saturated rings.